The molecule has 0 saturated heterocycles. The van der Waals surface area contributed by atoms with Crippen LogP contribution in [-0.4, -0.2) is 41.2 Å². The van der Waals surface area contributed by atoms with E-state index in [0.717, 1.165) is 11.3 Å². The van der Waals surface area contributed by atoms with Crippen LogP contribution in [0.2, 0.25) is 0 Å². The molecule has 0 N–H and O–H groups in total. The van der Waals surface area contributed by atoms with Crippen molar-refractivity contribution < 1.29 is 18.8 Å². The summed E-state index contributed by atoms with van der Waals surface area (Å²) < 4.78 is 16.3. The Labute approximate surface area is 163 Å². The van der Waals surface area contributed by atoms with Crippen LogP contribution in [0.15, 0.2) is 59.1 Å². The van der Waals surface area contributed by atoms with Crippen LogP contribution >= 0.6 is 0 Å². The van der Waals surface area contributed by atoms with Gasteiger partial charge < -0.3 is 18.9 Å². The molecule has 0 aliphatic heterocycles. The number of methoxy groups -OCH3 is 1. The van der Waals surface area contributed by atoms with Crippen molar-refractivity contribution in [1.29, 1.82) is 0 Å². The molecule has 0 aliphatic carbocycles. The van der Waals surface area contributed by atoms with Crippen molar-refractivity contribution in [2.24, 2.45) is 0 Å². The minimum Gasteiger partial charge on any atom is -0.497 e. The Kier molecular flexibility index (Phi) is 6.26. The fraction of sp³-hybridized carbons (Fsp3) is 0.286. The number of carbonyl (C=O) groups is 1. The molecule has 146 valence electrons. The van der Waals surface area contributed by atoms with E-state index < -0.39 is 6.10 Å². The third-order valence-electron chi connectivity index (χ3n) is 4.23. The number of amides is 1. The predicted molar refractivity (Wildman–Crippen MR) is 104 cm³/mol. The van der Waals surface area contributed by atoms with Gasteiger partial charge in [0, 0.05) is 12.6 Å². The molecule has 1 atom stereocenters. The average Bonchev–Trinajstić information content (AvgIpc) is 3.21. The maximum absolute atomic E-state index is 12.8. The Morgan fingerprint density at radius 3 is 2.43 bits per heavy atom. The van der Waals surface area contributed by atoms with Crippen molar-refractivity contribution >= 4 is 5.91 Å². The summed E-state index contributed by atoms with van der Waals surface area (Å²) in [6.45, 7) is 2.11. The Balaban J connectivity index is 1.63. The van der Waals surface area contributed by atoms with Gasteiger partial charge in [0.15, 0.2) is 6.10 Å². The first-order valence-electron chi connectivity index (χ1n) is 9.04. The minimum atomic E-state index is -0.602. The van der Waals surface area contributed by atoms with Crippen LogP contribution < -0.4 is 9.47 Å². The predicted octanol–water partition coefficient (Wildman–Crippen LogP) is 3.56. The van der Waals surface area contributed by atoms with Crippen molar-refractivity contribution in [2.45, 2.75) is 26.0 Å². The molecule has 1 heterocycles. The molecule has 0 spiro atoms. The van der Waals surface area contributed by atoms with Crippen LogP contribution in [0.3, 0.4) is 0 Å². The molecule has 28 heavy (non-hydrogen) atoms. The molecular formula is C21H23N3O4. The molecule has 1 aromatic heterocycles. The summed E-state index contributed by atoms with van der Waals surface area (Å²) in [6, 6.07) is 16.7. The van der Waals surface area contributed by atoms with Gasteiger partial charge in [0.1, 0.15) is 11.5 Å². The lowest BCUT2D eigenvalue weighted by atomic mass is 10.2. The summed E-state index contributed by atoms with van der Waals surface area (Å²) in [5, 5.41) is 3.98. The lowest BCUT2D eigenvalue weighted by Crippen LogP contribution is -2.39. The van der Waals surface area contributed by atoms with Gasteiger partial charge in [0.2, 0.25) is 11.7 Å². The lowest BCUT2D eigenvalue weighted by molar-refractivity contribution is -0.138. The van der Waals surface area contributed by atoms with E-state index in [1.807, 2.05) is 37.3 Å². The Morgan fingerprint density at radius 2 is 1.79 bits per heavy atom. The van der Waals surface area contributed by atoms with Crippen LogP contribution in [0.5, 0.6) is 11.5 Å². The lowest BCUT2D eigenvalue weighted by Gasteiger charge is -2.22. The van der Waals surface area contributed by atoms with Gasteiger partial charge in [0.05, 0.1) is 13.7 Å². The number of hydrogen-bond acceptors (Lipinski definition) is 6. The quantitative estimate of drug-likeness (QED) is 0.594. The topological polar surface area (TPSA) is 77.7 Å². The summed E-state index contributed by atoms with van der Waals surface area (Å²) >= 11 is 0. The highest BCUT2D eigenvalue weighted by Crippen LogP contribution is 2.20. The molecule has 0 radical (unpaired) electrons. The molecule has 0 aliphatic rings. The highest BCUT2D eigenvalue weighted by Gasteiger charge is 2.24. The molecule has 3 aromatic rings. The fourth-order valence-corrected chi connectivity index (χ4v) is 2.68. The zero-order chi connectivity index (χ0) is 19.9. The van der Waals surface area contributed by atoms with E-state index in [-0.39, 0.29) is 12.5 Å². The van der Waals surface area contributed by atoms with Crippen molar-refractivity contribution in [1.82, 2.24) is 15.0 Å². The van der Waals surface area contributed by atoms with Gasteiger partial charge in [0.25, 0.3) is 5.91 Å². The molecule has 7 nitrogen and oxygen atoms in total. The number of nitrogens with zero attached hydrogens (tertiary/aromatic N) is 3. The maximum Gasteiger partial charge on any atom is 0.263 e. The zero-order valence-corrected chi connectivity index (χ0v) is 16.2. The van der Waals surface area contributed by atoms with E-state index in [4.69, 9.17) is 14.0 Å². The molecule has 0 bridgehead atoms. The van der Waals surface area contributed by atoms with E-state index in [1.165, 1.54) is 4.90 Å². The van der Waals surface area contributed by atoms with E-state index in [2.05, 4.69) is 10.1 Å². The molecule has 1 amide bonds. The average molecular weight is 381 g/mol. The standard InChI is InChI=1S/C21H23N3O4/c1-4-18(27-17-12-10-16(26-3)11-13-17)21(25)24(2)14-19-22-20(23-28-19)15-8-6-5-7-9-15/h5-13,18H,4,14H2,1-3H3/t18-/m1/s1. The van der Waals surface area contributed by atoms with Gasteiger partial charge in [-0.2, -0.15) is 4.98 Å². The Bertz CT molecular complexity index is 894. The highest BCUT2D eigenvalue weighted by molar-refractivity contribution is 5.81. The summed E-state index contributed by atoms with van der Waals surface area (Å²) in [6.07, 6.45) is -0.0659. The largest absolute Gasteiger partial charge is 0.497 e. The normalized spacial score (nSPS) is 11.7. The van der Waals surface area contributed by atoms with Crippen molar-refractivity contribution in [3.05, 3.63) is 60.5 Å². The maximum atomic E-state index is 12.8. The molecule has 0 saturated carbocycles. The van der Waals surface area contributed by atoms with E-state index in [1.54, 1.807) is 38.4 Å². The van der Waals surface area contributed by atoms with E-state index in [9.17, 15) is 4.79 Å². The third kappa shape index (κ3) is 4.68. The fourth-order valence-electron chi connectivity index (χ4n) is 2.68. The molecule has 0 fully saturated rings. The Morgan fingerprint density at radius 1 is 1.11 bits per heavy atom. The second-order valence-electron chi connectivity index (χ2n) is 6.26. The first-order valence-corrected chi connectivity index (χ1v) is 9.04. The Hall–Kier alpha value is -3.35. The molecule has 3 rings (SSSR count). The van der Waals surface area contributed by atoms with Gasteiger partial charge in [-0.1, -0.05) is 42.4 Å². The van der Waals surface area contributed by atoms with Crippen molar-refractivity contribution in [3.63, 3.8) is 0 Å². The van der Waals surface area contributed by atoms with Gasteiger partial charge in [-0.25, -0.2) is 0 Å². The van der Waals surface area contributed by atoms with Gasteiger partial charge in [-0.15, -0.1) is 0 Å². The van der Waals surface area contributed by atoms with Crippen molar-refractivity contribution in [2.75, 3.05) is 14.2 Å². The number of ether oxygens (including phenoxy) is 2. The zero-order valence-electron chi connectivity index (χ0n) is 16.2. The number of rotatable bonds is 8. The minimum absolute atomic E-state index is 0.155. The molecule has 0 unspecified atom stereocenters. The first-order chi connectivity index (χ1) is 13.6. The second kappa shape index (κ2) is 9.03. The number of aromatic nitrogens is 2. The summed E-state index contributed by atoms with van der Waals surface area (Å²) in [5.41, 5.74) is 0.862. The van der Waals surface area contributed by atoms with Crippen molar-refractivity contribution in [3.8, 4) is 22.9 Å². The van der Waals surface area contributed by atoms with E-state index >= 15 is 0 Å². The molecule has 2 aromatic carbocycles. The summed E-state index contributed by atoms with van der Waals surface area (Å²) in [4.78, 5) is 18.7. The second-order valence-corrected chi connectivity index (χ2v) is 6.26. The third-order valence-corrected chi connectivity index (χ3v) is 4.23. The van der Waals surface area contributed by atoms with Crippen LogP contribution in [0.1, 0.15) is 19.2 Å². The molecular weight excluding hydrogens is 358 g/mol. The summed E-state index contributed by atoms with van der Waals surface area (Å²) in [5.74, 6) is 2.05. The van der Waals surface area contributed by atoms with Crippen LogP contribution in [0.4, 0.5) is 0 Å². The van der Waals surface area contributed by atoms with Crippen LogP contribution in [0, 0.1) is 0 Å². The number of benzene rings is 2. The highest BCUT2D eigenvalue weighted by atomic mass is 16.5. The van der Waals surface area contributed by atoms with Crippen LogP contribution in [0.25, 0.3) is 11.4 Å². The number of carbonyl (C=O) groups excluding carboxylic acids is 1. The van der Waals surface area contributed by atoms with E-state index in [0.29, 0.717) is 23.9 Å². The SMILES string of the molecule is CC[C@@H](Oc1ccc(OC)cc1)C(=O)N(C)Cc1nc(-c2ccccc2)no1. The smallest absolute Gasteiger partial charge is 0.263 e. The van der Waals surface area contributed by atoms with Gasteiger partial charge in [-0.3, -0.25) is 4.79 Å². The monoisotopic (exact) mass is 381 g/mol. The number of hydrogen-bond donors (Lipinski definition) is 0. The number of likely N-dealkylation sites (N-methyl/N-ethyl adjacent to an activating group) is 1. The van der Waals surface area contributed by atoms with Gasteiger partial charge >= 0.3 is 0 Å². The summed E-state index contributed by atoms with van der Waals surface area (Å²) in [7, 11) is 3.29. The first kappa shape index (κ1) is 19.4. The molecule has 7 heteroatoms. The van der Waals surface area contributed by atoms with Crippen LogP contribution in [-0.2, 0) is 11.3 Å². The van der Waals surface area contributed by atoms with Gasteiger partial charge in [-0.05, 0) is 30.7 Å².